The molecule has 0 bridgehead atoms. The van der Waals surface area contributed by atoms with Crippen molar-refractivity contribution in [3.63, 3.8) is 0 Å². The van der Waals surface area contributed by atoms with Gasteiger partial charge in [-0.3, -0.25) is 4.79 Å². The molecule has 1 aliphatic heterocycles. The molecule has 62 valence electrons. The van der Waals surface area contributed by atoms with Crippen LogP contribution in [0.2, 0.25) is 0 Å². The van der Waals surface area contributed by atoms with Gasteiger partial charge in [0.25, 0.3) is 0 Å². The molecular weight excluding hydrogens is 142 g/mol. The van der Waals surface area contributed by atoms with E-state index in [1.165, 1.54) is 0 Å². The molecule has 0 radical (unpaired) electrons. The number of Topliss-reactive ketones (excluding diaryl/α,β-unsaturated/α-hetero) is 1. The van der Waals surface area contributed by atoms with Gasteiger partial charge >= 0.3 is 0 Å². The van der Waals surface area contributed by atoms with Crippen LogP contribution in [0.3, 0.4) is 0 Å². The summed E-state index contributed by atoms with van der Waals surface area (Å²) in [5.41, 5.74) is 0.572. The molecule has 1 aliphatic rings. The van der Waals surface area contributed by atoms with Gasteiger partial charge in [0.15, 0.2) is 5.78 Å². The summed E-state index contributed by atoms with van der Waals surface area (Å²) in [7, 11) is 0. The average Bonchev–Trinajstić information content (AvgIpc) is 1.85. The Hall–Kier alpha value is -0.860. The molecule has 11 heavy (non-hydrogen) atoms. The van der Waals surface area contributed by atoms with Crippen molar-refractivity contribution in [3.05, 3.63) is 0 Å². The van der Waals surface area contributed by atoms with E-state index < -0.39 is 0 Å². The van der Waals surface area contributed by atoms with Gasteiger partial charge in [-0.1, -0.05) is 19.0 Å². The van der Waals surface area contributed by atoms with E-state index in [4.69, 9.17) is 4.84 Å². The zero-order chi connectivity index (χ0) is 8.43. The van der Waals surface area contributed by atoms with Crippen molar-refractivity contribution >= 4 is 11.5 Å². The molecule has 3 heteroatoms. The minimum Gasteiger partial charge on any atom is -0.392 e. The summed E-state index contributed by atoms with van der Waals surface area (Å²) in [6, 6.07) is 0. The molecule has 0 fully saturated rings. The van der Waals surface area contributed by atoms with Crippen LogP contribution in [-0.2, 0) is 9.63 Å². The molecule has 1 unspecified atom stereocenters. The van der Waals surface area contributed by atoms with Crippen molar-refractivity contribution in [2.75, 3.05) is 0 Å². The van der Waals surface area contributed by atoms with Crippen molar-refractivity contribution in [1.29, 1.82) is 0 Å². The molecule has 0 amide bonds. The molecule has 0 aromatic rings. The molecule has 1 rings (SSSR count). The largest absolute Gasteiger partial charge is 0.392 e. The summed E-state index contributed by atoms with van der Waals surface area (Å²) >= 11 is 0. The van der Waals surface area contributed by atoms with Crippen LogP contribution in [0.25, 0.3) is 0 Å². The van der Waals surface area contributed by atoms with E-state index in [-0.39, 0.29) is 17.8 Å². The molecule has 0 spiro atoms. The van der Waals surface area contributed by atoms with Crippen molar-refractivity contribution < 1.29 is 9.63 Å². The van der Waals surface area contributed by atoms with Crippen molar-refractivity contribution in [2.24, 2.45) is 11.1 Å². The summed E-state index contributed by atoms with van der Waals surface area (Å²) in [6.07, 6.45) is 0.418. The molecule has 1 atom stereocenters. The predicted molar refractivity (Wildman–Crippen MR) is 42.4 cm³/mol. The molecule has 3 nitrogen and oxygen atoms in total. The topological polar surface area (TPSA) is 38.7 Å². The third-order valence-corrected chi connectivity index (χ3v) is 1.64. The highest BCUT2D eigenvalue weighted by Crippen LogP contribution is 2.11. The zero-order valence-corrected chi connectivity index (χ0v) is 7.13. The van der Waals surface area contributed by atoms with Gasteiger partial charge in [0.2, 0.25) is 0 Å². The molecular formula is C8H13NO2. The van der Waals surface area contributed by atoms with Gasteiger partial charge in [-0.2, -0.15) is 0 Å². The van der Waals surface area contributed by atoms with Crippen LogP contribution >= 0.6 is 0 Å². The lowest BCUT2D eigenvalue weighted by Gasteiger charge is -2.18. The van der Waals surface area contributed by atoms with E-state index in [0.717, 1.165) is 0 Å². The lowest BCUT2D eigenvalue weighted by atomic mass is 10.00. The van der Waals surface area contributed by atoms with Gasteiger partial charge in [0.05, 0.1) is 6.42 Å². The first-order valence-electron chi connectivity index (χ1n) is 3.88. The Bertz CT molecular complexity index is 196. The predicted octanol–water partition coefficient (Wildman–Crippen LogP) is 1.38. The van der Waals surface area contributed by atoms with Crippen LogP contribution in [0.5, 0.6) is 0 Å². The number of hydrogen-bond donors (Lipinski definition) is 0. The van der Waals surface area contributed by atoms with Gasteiger partial charge in [0.1, 0.15) is 11.8 Å². The number of carbonyl (C=O) groups excluding carboxylic acids is 1. The van der Waals surface area contributed by atoms with Crippen molar-refractivity contribution in [1.82, 2.24) is 0 Å². The minimum atomic E-state index is -0.0509. The lowest BCUT2D eigenvalue weighted by Crippen LogP contribution is -2.29. The van der Waals surface area contributed by atoms with Gasteiger partial charge in [-0.05, 0) is 6.92 Å². The number of ketones is 1. The highest BCUT2D eigenvalue weighted by atomic mass is 16.6. The van der Waals surface area contributed by atoms with Gasteiger partial charge in [-0.15, -0.1) is 0 Å². The van der Waals surface area contributed by atoms with Crippen LogP contribution in [0.1, 0.15) is 27.2 Å². The second-order valence-corrected chi connectivity index (χ2v) is 3.17. The lowest BCUT2D eigenvalue weighted by molar-refractivity contribution is -0.117. The summed E-state index contributed by atoms with van der Waals surface area (Å²) in [5.74, 6) is 0.300. The Balaban J connectivity index is 2.73. The monoisotopic (exact) mass is 155 g/mol. The summed E-state index contributed by atoms with van der Waals surface area (Å²) in [5, 5.41) is 3.76. The maximum absolute atomic E-state index is 11.2. The highest BCUT2D eigenvalue weighted by molar-refractivity contribution is 6.40. The van der Waals surface area contributed by atoms with Gasteiger partial charge < -0.3 is 4.84 Å². The first kappa shape index (κ1) is 8.24. The number of hydrogen-bond acceptors (Lipinski definition) is 3. The van der Waals surface area contributed by atoms with Gasteiger partial charge in [-0.25, -0.2) is 0 Å². The van der Waals surface area contributed by atoms with Gasteiger partial charge in [0, 0.05) is 5.92 Å². The van der Waals surface area contributed by atoms with Crippen LogP contribution in [0.15, 0.2) is 5.16 Å². The van der Waals surface area contributed by atoms with Crippen LogP contribution < -0.4 is 0 Å². The third-order valence-electron chi connectivity index (χ3n) is 1.64. The fourth-order valence-electron chi connectivity index (χ4n) is 1.03. The number of oxime groups is 1. The Morgan fingerprint density at radius 2 is 2.27 bits per heavy atom. The Morgan fingerprint density at radius 1 is 1.64 bits per heavy atom. The van der Waals surface area contributed by atoms with Crippen molar-refractivity contribution in [3.8, 4) is 0 Å². The summed E-state index contributed by atoms with van der Waals surface area (Å²) < 4.78 is 0. The number of rotatable bonds is 1. The number of carbonyl (C=O) groups is 1. The second kappa shape index (κ2) is 3.03. The average molecular weight is 155 g/mol. The summed E-state index contributed by atoms with van der Waals surface area (Å²) in [6.45, 7) is 5.73. The Morgan fingerprint density at radius 3 is 2.73 bits per heavy atom. The second-order valence-electron chi connectivity index (χ2n) is 3.17. The molecule has 0 aliphatic carbocycles. The molecule has 0 saturated heterocycles. The fourth-order valence-corrected chi connectivity index (χ4v) is 1.03. The normalized spacial score (nSPS) is 24.9. The minimum absolute atomic E-state index is 0.0509. The van der Waals surface area contributed by atoms with E-state index in [1.54, 1.807) is 0 Å². The van der Waals surface area contributed by atoms with E-state index in [2.05, 4.69) is 5.16 Å². The molecule has 0 N–H and O–H groups in total. The molecule has 0 saturated carbocycles. The zero-order valence-electron chi connectivity index (χ0n) is 7.13. The van der Waals surface area contributed by atoms with E-state index in [1.807, 2.05) is 20.8 Å². The van der Waals surface area contributed by atoms with Crippen LogP contribution in [0.4, 0.5) is 0 Å². The smallest absolute Gasteiger partial charge is 0.184 e. The molecule has 0 aromatic heterocycles. The van der Waals surface area contributed by atoms with Crippen LogP contribution in [-0.4, -0.2) is 17.6 Å². The maximum Gasteiger partial charge on any atom is 0.184 e. The Kier molecular flexibility index (Phi) is 2.27. The van der Waals surface area contributed by atoms with E-state index >= 15 is 0 Å². The van der Waals surface area contributed by atoms with E-state index in [0.29, 0.717) is 12.1 Å². The number of nitrogens with zero attached hydrogens (tertiary/aromatic N) is 1. The molecule has 0 aromatic carbocycles. The summed E-state index contributed by atoms with van der Waals surface area (Å²) in [4.78, 5) is 16.2. The highest BCUT2D eigenvalue weighted by Gasteiger charge is 2.23. The van der Waals surface area contributed by atoms with Crippen molar-refractivity contribution in [2.45, 2.75) is 33.3 Å². The third kappa shape index (κ3) is 1.79. The standard InChI is InChI=1S/C8H13NO2/c1-5(2)8-7(10)4-6(3)11-9-8/h5-6H,4H2,1-3H3. The molecule has 1 heterocycles. The Labute approximate surface area is 66.4 Å². The first-order chi connectivity index (χ1) is 5.11. The first-order valence-corrected chi connectivity index (χ1v) is 3.88. The maximum atomic E-state index is 11.2. The fraction of sp³-hybridized carbons (Fsp3) is 0.750. The SMILES string of the molecule is CC1CC(=O)C(C(C)C)=NO1. The van der Waals surface area contributed by atoms with Crippen LogP contribution in [0, 0.1) is 5.92 Å². The quantitative estimate of drug-likeness (QED) is 0.573. The van der Waals surface area contributed by atoms with E-state index in [9.17, 15) is 4.79 Å².